The van der Waals surface area contributed by atoms with Crippen LogP contribution < -0.4 is 0 Å². The molecule has 0 spiro atoms. The van der Waals surface area contributed by atoms with Gasteiger partial charge in [0, 0.05) is 0 Å². The normalized spacial score (nSPS) is 6.00. The summed E-state index contributed by atoms with van der Waals surface area (Å²) >= 11 is 0. The number of benzene rings is 1. The van der Waals surface area contributed by atoms with E-state index in [1.165, 1.54) is 0 Å². The highest BCUT2D eigenvalue weighted by atomic mass is 79.9. The van der Waals surface area contributed by atoms with Gasteiger partial charge < -0.3 is 0 Å². The summed E-state index contributed by atoms with van der Waals surface area (Å²) in [6, 6.07) is 12.0. The van der Waals surface area contributed by atoms with Crippen LogP contribution in [-0.2, 0) is 0 Å². The van der Waals surface area contributed by atoms with Gasteiger partial charge in [0.2, 0.25) is 0 Å². The quantitative estimate of drug-likeness (QED) is 0.568. The molecule has 8 heavy (non-hydrogen) atoms. The molecule has 0 heterocycles. The molecule has 0 fully saturated rings. The standard InChI is InChI=1S/C6H6.CH4.BrH/c1-2-4-6-5-3-1;;/h1-6H;1H4;1H. The van der Waals surface area contributed by atoms with E-state index >= 15 is 0 Å². The average molecular weight is 175 g/mol. The molecule has 0 atom stereocenters. The Bertz CT molecular complexity index is 76.3. The predicted molar refractivity (Wildman–Crippen MR) is 43.5 cm³/mol. The molecule has 0 amide bonds. The van der Waals surface area contributed by atoms with Crippen LogP contribution >= 0.6 is 17.0 Å². The smallest absolute Gasteiger partial charge is 0.0623 e. The van der Waals surface area contributed by atoms with Crippen molar-refractivity contribution in [3.05, 3.63) is 36.4 Å². The van der Waals surface area contributed by atoms with Crippen molar-refractivity contribution in [1.29, 1.82) is 0 Å². The third kappa shape index (κ3) is 3.88. The highest BCUT2D eigenvalue weighted by molar-refractivity contribution is 8.93. The van der Waals surface area contributed by atoms with E-state index in [0.29, 0.717) is 0 Å². The molecule has 0 N–H and O–H groups in total. The Morgan fingerprint density at radius 2 is 0.625 bits per heavy atom. The molecule has 0 aromatic heterocycles. The third-order valence-corrected chi connectivity index (χ3v) is 0.667. The lowest BCUT2D eigenvalue weighted by molar-refractivity contribution is 1.72. The molecule has 0 saturated heterocycles. The Kier molecular flexibility index (Phi) is 8.91. The zero-order valence-electron chi connectivity index (χ0n) is 3.87. The monoisotopic (exact) mass is 174 g/mol. The largest absolute Gasteiger partial charge is 0.114 e. The summed E-state index contributed by atoms with van der Waals surface area (Å²) < 4.78 is 0. The fourth-order valence-electron chi connectivity index (χ4n) is 0.385. The Hall–Kier alpha value is -0.300. The predicted octanol–water partition coefficient (Wildman–Crippen LogP) is 2.90. The maximum absolute atomic E-state index is 2.00. The first-order chi connectivity index (χ1) is 3.00. The molecule has 1 aromatic rings. The van der Waals surface area contributed by atoms with Crippen LogP contribution in [0.5, 0.6) is 0 Å². The average Bonchev–Trinajstić information content (AvgIpc) is 1.72. The van der Waals surface area contributed by atoms with Crippen LogP contribution in [0.3, 0.4) is 0 Å². The Morgan fingerprint density at radius 1 is 0.500 bits per heavy atom. The Morgan fingerprint density at radius 3 is 0.750 bits per heavy atom. The minimum atomic E-state index is 0. The van der Waals surface area contributed by atoms with Crippen LogP contribution in [0, 0.1) is 0 Å². The van der Waals surface area contributed by atoms with Crippen molar-refractivity contribution in [2.24, 2.45) is 0 Å². The summed E-state index contributed by atoms with van der Waals surface area (Å²) in [6.45, 7) is 0. The van der Waals surface area contributed by atoms with E-state index in [2.05, 4.69) is 0 Å². The Balaban J connectivity index is 0. The summed E-state index contributed by atoms with van der Waals surface area (Å²) in [5.74, 6) is 0. The Labute approximate surface area is 61.3 Å². The number of halogens is 1. The summed E-state index contributed by atoms with van der Waals surface area (Å²) in [5.41, 5.74) is 0. The van der Waals surface area contributed by atoms with Crippen molar-refractivity contribution >= 4 is 17.0 Å². The molecule has 0 nitrogen and oxygen atoms in total. The molecule has 0 saturated carbocycles. The van der Waals surface area contributed by atoms with Gasteiger partial charge in [-0.2, -0.15) is 0 Å². The van der Waals surface area contributed by atoms with Crippen molar-refractivity contribution in [2.75, 3.05) is 0 Å². The lowest BCUT2D eigenvalue weighted by Crippen LogP contribution is -1.47. The summed E-state index contributed by atoms with van der Waals surface area (Å²) in [7, 11) is 0. The summed E-state index contributed by atoms with van der Waals surface area (Å²) in [4.78, 5) is 0. The van der Waals surface area contributed by atoms with Crippen molar-refractivity contribution in [3.8, 4) is 0 Å². The number of hydrogen-bond donors (Lipinski definition) is 0. The van der Waals surface area contributed by atoms with E-state index < -0.39 is 0 Å². The van der Waals surface area contributed by atoms with Crippen molar-refractivity contribution < 1.29 is 0 Å². The van der Waals surface area contributed by atoms with Crippen LogP contribution in [0.1, 0.15) is 7.43 Å². The molecule has 1 heteroatoms. The van der Waals surface area contributed by atoms with E-state index in [0.717, 1.165) is 0 Å². The maximum Gasteiger partial charge on any atom is -0.0623 e. The summed E-state index contributed by atoms with van der Waals surface area (Å²) in [5, 5.41) is 0. The molecule has 1 rings (SSSR count). The van der Waals surface area contributed by atoms with Crippen LogP contribution in [-0.4, -0.2) is 0 Å². The van der Waals surface area contributed by atoms with E-state index in [4.69, 9.17) is 0 Å². The van der Waals surface area contributed by atoms with Gasteiger partial charge >= 0.3 is 0 Å². The van der Waals surface area contributed by atoms with Gasteiger partial charge in [-0.25, -0.2) is 0 Å². The van der Waals surface area contributed by atoms with Gasteiger partial charge in [-0.05, 0) is 0 Å². The highest BCUT2D eigenvalue weighted by Crippen LogP contribution is 1.79. The molecular weight excluding hydrogens is 164 g/mol. The van der Waals surface area contributed by atoms with Crippen molar-refractivity contribution in [1.82, 2.24) is 0 Å². The molecule has 0 aliphatic heterocycles. The van der Waals surface area contributed by atoms with E-state index in [9.17, 15) is 0 Å². The second kappa shape index (κ2) is 6.70. The van der Waals surface area contributed by atoms with Gasteiger partial charge in [-0.3, -0.25) is 0 Å². The molecule has 0 aliphatic carbocycles. The van der Waals surface area contributed by atoms with Gasteiger partial charge in [0.1, 0.15) is 0 Å². The van der Waals surface area contributed by atoms with Gasteiger partial charge in [0.05, 0.1) is 0 Å². The molecule has 46 valence electrons. The minimum absolute atomic E-state index is 0. The van der Waals surface area contributed by atoms with Gasteiger partial charge in [-0.1, -0.05) is 43.8 Å². The molecular formula is C7H11Br. The molecule has 0 aliphatic rings. The molecule has 0 radical (unpaired) electrons. The number of hydrogen-bond acceptors (Lipinski definition) is 0. The zero-order chi connectivity index (χ0) is 4.24. The van der Waals surface area contributed by atoms with E-state index in [1.54, 1.807) is 0 Å². The van der Waals surface area contributed by atoms with Crippen LogP contribution in [0.15, 0.2) is 36.4 Å². The van der Waals surface area contributed by atoms with Gasteiger partial charge in [0.25, 0.3) is 0 Å². The fourth-order valence-corrected chi connectivity index (χ4v) is 0.385. The zero-order valence-corrected chi connectivity index (χ0v) is 5.59. The SMILES string of the molecule is Br.C.c1ccccc1. The topological polar surface area (TPSA) is 0 Å². The van der Waals surface area contributed by atoms with Crippen LogP contribution in [0.4, 0.5) is 0 Å². The maximum atomic E-state index is 2.00. The van der Waals surface area contributed by atoms with Crippen molar-refractivity contribution in [2.45, 2.75) is 7.43 Å². The molecule has 1 aromatic carbocycles. The first-order valence-electron chi connectivity index (χ1n) is 2.00. The molecule has 0 unspecified atom stereocenters. The first kappa shape index (κ1) is 10.6. The van der Waals surface area contributed by atoms with E-state index in [1.807, 2.05) is 36.4 Å². The van der Waals surface area contributed by atoms with Crippen LogP contribution in [0.2, 0.25) is 0 Å². The lowest BCUT2D eigenvalue weighted by atomic mass is 10.4. The van der Waals surface area contributed by atoms with Gasteiger partial charge in [0.15, 0.2) is 0 Å². The first-order valence-corrected chi connectivity index (χ1v) is 2.00. The van der Waals surface area contributed by atoms with Crippen molar-refractivity contribution in [3.63, 3.8) is 0 Å². The summed E-state index contributed by atoms with van der Waals surface area (Å²) in [6.07, 6.45) is 0. The fraction of sp³-hybridized carbons (Fsp3) is 0.143. The lowest BCUT2D eigenvalue weighted by Gasteiger charge is -1.69. The van der Waals surface area contributed by atoms with Crippen LogP contribution in [0.25, 0.3) is 0 Å². The van der Waals surface area contributed by atoms with Gasteiger partial charge in [-0.15, -0.1) is 17.0 Å². The highest BCUT2D eigenvalue weighted by Gasteiger charge is 1.57. The second-order valence-corrected chi connectivity index (χ2v) is 1.15. The second-order valence-electron chi connectivity index (χ2n) is 1.15. The molecule has 0 bridgehead atoms. The van der Waals surface area contributed by atoms with E-state index in [-0.39, 0.29) is 24.4 Å². The third-order valence-electron chi connectivity index (χ3n) is 0.667. The minimum Gasteiger partial charge on any atom is -0.114 e. The number of rotatable bonds is 0.